The van der Waals surface area contributed by atoms with Crippen LogP contribution in [0.3, 0.4) is 0 Å². The van der Waals surface area contributed by atoms with Crippen LogP contribution >= 0.6 is 22.6 Å². The summed E-state index contributed by atoms with van der Waals surface area (Å²) >= 11 is 1.50. The summed E-state index contributed by atoms with van der Waals surface area (Å²) < 4.78 is 74.4. The van der Waals surface area contributed by atoms with Crippen molar-refractivity contribution >= 4 is 28.4 Å². The Labute approximate surface area is 111 Å². The first-order chi connectivity index (χ1) is 8.07. The SMILES string of the molecule is O=C(CI)c1cc(C(F)(F)F)ccc1C(F)(F)F. The summed E-state index contributed by atoms with van der Waals surface area (Å²) in [6, 6.07) is 0.832. The molecule has 0 aliphatic carbocycles. The number of benzene rings is 1. The van der Waals surface area contributed by atoms with Crippen molar-refractivity contribution in [3.05, 3.63) is 34.9 Å². The number of rotatable bonds is 2. The molecule has 0 N–H and O–H groups in total. The summed E-state index contributed by atoms with van der Waals surface area (Å²) in [4.78, 5) is 11.3. The van der Waals surface area contributed by atoms with Crippen LogP contribution in [0.2, 0.25) is 0 Å². The molecular formula is C10H5F6IO. The van der Waals surface area contributed by atoms with Crippen LogP contribution in [0.25, 0.3) is 0 Å². The first-order valence-electron chi connectivity index (χ1n) is 4.45. The molecule has 1 nitrogen and oxygen atoms in total. The molecule has 0 saturated carbocycles. The van der Waals surface area contributed by atoms with Gasteiger partial charge in [-0.25, -0.2) is 0 Å². The standard InChI is InChI=1S/C10H5F6IO/c11-9(12,13)5-1-2-7(10(14,15)16)6(3-5)8(18)4-17/h1-3H,4H2. The molecule has 0 aromatic heterocycles. The number of hydrogen-bond acceptors (Lipinski definition) is 1. The van der Waals surface area contributed by atoms with E-state index in [0.29, 0.717) is 6.07 Å². The fraction of sp³-hybridized carbons (Fsp3) is 0.300. The number of hydrogen-bond donors (Lipinski definition) is 0. The summed E-state index contributed by atoms with van der Waals surface area (Å²) in [7, 11) is 0. The van der Waals surface area contributed by atoms with Gasteiger partial charge in [0, 0.05) is 5.56 Å². The molecule has 0 spiro atoms. The van der Waals surface area contributed by atoms with Crippen molar-refractivity contribution in [2.75, 3.05) is 4.43 Å². The molecule has 0 bridgehead atoms. The lowest BCUT2D eigenvalue weighted by Gasteiger charge is -2.14. The molecule has 100 valence electrons. The second-order valence-electron chi connectivity index (χ2n) is 3.31. The highest BCUT2D eigenvalue weighted by molar-refractivity contribution is 14.1. The fourth-order valence-corrected chi connectivity index (χ4v) is 1.68. The van der Waals surface area contributed by atoms with Gasteiger partial charge >= 0.3 is 12.4 Å². The predicted molar refractivity (Wildman–Crippen MR) is 59.7 cm³/mol. The van der Waals surface area contributed by atoms with Gasteiger partial charge in [-0.3, -0.25) is 4.79 Å². The highest BCUT2D eigenvalue weighted by Gasteiger charge is 2.38. The maximum atomic E-state index is 12.5. The third kappa shape index (κ3) is 3.36. The molecule has 1 aromatic rings. The quantitative estimate of drug-likeness (QED) is 0.322. The van der Waals surface area contributed by atoms with Gasteiger partial charge in [0.25, 0.3) is 0 Å². The molecule has 0 heterocycles. The lowest BCUT2D eigenvalue weighted by Crippen LogP contribution is -2.16. The van der Waals surface area contributed by atoms with Crippen molar-refractivity contribution in [3.63, 3.8) is 0 Å². The zero-order valence-electron chi connectivity index (χ0n) is 8.49. The average molecular weight is 382 g/mol. The zero-order chi connectivity index (χ0) is 14.1. The third-order valence-electron chi connectivity index (χ3n) is 2.07. The van der Waals surface area contributed by atoms with Gasteiger partial charge in [-0.05, 0) is 18.2 Å². The van der Waals surface area contributed by atoms with Crippen LogP contribution < -0.4 is 0 Å². The van der Waals surface area contributed by atoms with Gasteiger partial charge in [-0.15, -0.1) is 0 Å². The Hall–Kier alpha value is -0.800. The lowest BCUT2D eigenvalue weighted by atomic mass is 10.0. The van der Waals surface area contributed by atoms with Gasteiger partial charge < -0.3 is 0 Å². The highest BCUT2D eigenvalue weighted by Crippen LogP contribution is 2.36. The van der Waals surface area contributed by atoms with E-state index >= 15 is 0 Å². The van der Waals surface area contributed by atoms with E-state index in [9.17, 15) is 31.1 Å². The Balaban J connectivity index is 3.44. The van der Waals surface area contributed by atoms with E-state index < -0.39 is 34.8 Å². The number of alkyl halides is 7. The molecule has 1 aromatic carbocycles. The molecule has 0 aliphatic rings. The molecule has 0 amide bonds. The smallest absolute Gasteiger partial charge is 0.293 e. The minimum Gasteiger partial charge on any atom is -0.293 e. The van der Waals surface area contributed by atoms with Crippen molar-refractivity contribution in [3.8, 4) is 0 Å². The summed E-state index contributed by atoms with van der Waals surface area (Å²) in [5.74, 6) is -0.992. The number of Topliss-reactive ketones (excluding diaryl/α,β-unsaturated/α-hetero) is 1. The van der Waals surface area contributed by atoms with Gasteiger partial charge in [-0.1, -0.05) is 22.6 Å². The van der Waals surface area contributed by atoms with Crippen LogP contribution in [0.15, 0.2) is 18.2 Å². The number of carbonyl (C=O) groups excluding carboxylic acids is 1. The molecule has 1 rings (SSSR count). The molecule has 0 atom stereocenters. The fourth-order valence-electron chi connectivity index (χ4n) is 1.27. The second kappa shape index (κ2) is 5.06. The molecular weight excluding hydrogens is 377 g/mol. The normalized spacial score (nSPS) is 12.6. The van der Waals surface area contributed by atoms with Crippen molar-refractivity contribution in [2.45, 2.75) is 12.4 Å². The van der Waals surface area contributed by atoms with E-state index in [1.807, 2.05) is 0 Å². The van der Waals surface area contributed by atoms with Crippen LogP contribution in [0.1, 0.15) is 21.5 Å². The number of carbonyl (C=O) groups is 1. The minimum absolute atomic E-state index is 0.240. The molecule has 0 unspecified atom stereocenters. The van der Waals surface area contributed by atoms with Crippen molar-refractivity contribution in [2.24, 2.45) is 0 Å². The molecule has 8 heteroatoms. The molecule has 0 fully saturated rings. The topological polar surface area (TPSA) is 17.1 Å². The van der Waals surface area contributed by atoms with Gasteiger partial charge in [0.2, 0.25) is 0 Å². The summed E-state index contributed by atoms with van der Waals surface area (Å²) in [5.41, 5.74) is -3.58. The largest absolute Gasteiger partial charge is 0.417 e. The van der Waals surface area contributed by atoms with Crippen molar-refractivity contribution < 1.29 is 31.1 Å². The van der Waals surface area contributed by atoms with E-state index in [-0.39, 0.29) is 16.6 Å². The van der Waals surface area contributed by atoms with Crippen LogP contribution in [0.4, 0.5) is 26.3 Å². The van der Waals surface area contributed by atoms with Crippen LogP contribution in [-0.4, -0.2) is 10.2 Å². The summed E-state index contributed by atoms with van der Waals surface area (Å²) in [6.45, 7) is 0. The molecule has 18 heavy (non-hydrogen) atoms. The van der Waals surface area contributed by atoms with E-state index in [2.05, 4.69) is 0 Å². The Morgan fingerprint density at radius 2 is 1.61 bits per heavy atom. The Bertz CT molecular complexity index is 462. The number of ketones is 1. The van der Waals surface area contributed by atoms with Gasteiger partial charge in [0.05, 0.1) is 15.6 Å². The Kier molecular flexibility index (Phi) is 4.29. The first-order valence-corrected chi connectivity index (χ1v) is 5.97. The van der Waals surface area contributed by atoms with E-state index in [0.717, 1.165) is 0 Å². The van der Waals surface area contributed by atoms with E-state index in [4.69, 9.17) is 0 Å². The number of halogens is 7. The summed E-state index contributed by atoms with van der Waals surface area (Å²) in [6.07, 6.45) is -9.65. The van der Waals surface area contributed by atoms with Crippen LogP contribution in [0.5, 0.6) is 0 Å². The van der Waals surface area contributed by atoms with Crippen LogP contribution in [0, 0.1) is 0 Å². The van der Waals surface area contributed by atoms with Crippen molar-refractivity contribution in [1.29, 1.82) is 0 Å². The Morgan fingerprint density at radius 1 is 1.06 bits per heavy atom. The predicted octanol–water partition coefficient (Wildman–Crippen LogP) is 4.34. The average Bonchev–Trinajstić information content (AvgIpc) is 2.24. The Morgan fingerprint density at radius 3 is 2.00 bits per heavy atom. The van der Waals surface area contributed by atoms with E-state index in [1.165, 1.54) is 22.6 Å². The van der Waals surface area contributed by atoms with Crippen molar-refractivity contribution in [1.82, 2.24) is 0 Å². The highest BCUT2D eigenvalue weighted by atomic mass is 127. The monoisotopic (exact) mass is 382 g/mol. The first kappa shape index (κ1) is 15.3. The van der Waals surface area contributed by atoms with Gasteiger partial charge in [0.15, 0.2) is 5.78 Å². The molecule has 0 aliphatic heterocycles. The van der Waals surface area contributed by atoms with Gasteiger partial charge in [0.1, 0.15) is 0 Å². The summed E-state index contributed by atoms with van der Waals surface area (Å²) in [5, 5.41) is 0. The molecule has 0 saturated heterocycles. The lowest BCUT2D eigenvalue weighted by molar-refractivity contribution is -0.141. The minimum atomic E-state index is -4.86. The molecule has 0 radical (unpaired) electrons. The van der Waals surface area contributed by atoms with Crippen LogP contribution in [-0.2, 0) is 12.4 Å². The van der Waals surface area contributed by atoms with Gasteiger partial charge in [-0.2, -0.15) is 26.3 Å². The third-order valence-corrected chi connectivity index (χ3v) is 2.77. The second-order valence-corrected chi connectivity index (χ2v) is 4.08. The maximum Gasteiger partial charge on any atom is 0.417 e. The maximum absolute atomic E-state index is 12.5. The zero-order valence-corrected chi connectivity index (χ0v) is 10.7. The van der Waals surface area contributed by atoms with E-state index in [1.54, 1.807) is 0 Å².